The number of hydrogen-bond acceptors (Lipinski definition) is 4. The van der Waals surface area contributed by atoms with Gasteiger partial charge in [-0.25, -0.2) is 0 Å². The van der Waals surface area contributed by atoms with E-state index in [1.807, 2.05) is 51.1 Å². The Kier molecular flexibility index (Phi) is 5.31. The highest BCUT2D eigenvalue weighted by Crippen LogP contribution is 2.41. The van der Waals surface area contributed by atoms with Crippen LogP contribution in [-0.4, -0.2) is 26.2 Å². The Hall–Kier alpha value is -1.84. The van der Waals surface area contributed by atoms with Crippen LogP contribution in [0.1, 0.15) is 32.3 Å². The summed E-state index contributed by atoms with van der Waals surface area (Å²) in [5.41, 5.74) is 0.620. The summed E-state index contributed by atoms with van der Waals surface area (Å²) in [6.45, 7) is 5.97. The van der Waals surface area contributed by atoms with Crippen molar-refractivity contribution in [3.8, 4) is 0 Å². The van der Waals surface area contributed by atoms with Crippen molar-refractivity contribution < 1.29 is 19.1 Å². The van der Waals surface area contributed by atoms with Crippen LogP contribution < -0.4 is 0 Å². The Morgan fingerprint density at radius 2 is 1.40 bits per heavy atom. The van der Waals surface area contributed by atoms with Gasteiger partial charge >= 0.3 is 11.9 Å². The molecular formula is C16H22O4. The van der Waals surface area contributed by atoms with Gasteiger partial charge < -0.3 is 9.47 Å². The van der Waals surface area contributed by atoms with Gasteiger partial charge in [0.1, 0.15) is 0 Å². The zero-order chi connectivity index (χ0) is 15.3. The van der Waals surface area contributed by atoms with Gasteiger partial charge in [0.05, 0.1) is 14.2 Å². The molecule has 0 amide bonds. The van der Waals surface area contributed by atoms with Crippen molar-refractivity contribution in [1.82, 2.24) is 0 Å². The maximum absolute atomic E-state index is 12.1. The van der Waals surface area contributed by atoms with E-state index in [4.69, 9.17) is 9.47 Å². The van der Waals surface area contributed by atoms with E-state index in [2.05, 4.69) is 0 Å². The fourth-order valence-electron chi connectivity index (χ4n) is 2.48. The Morgan fingerprint density at radius 3 is 1.75 bits per heavy atom. The highest BCUT2D eigenvalue weighted by molar-refractivity contribution is 5.96. The number of ether oxygens (including phenoxy) is 2. The number of hydrogen-bond donors (Lipinski definition) is 0. The molecule has 0 spiro atoms. The van der Waals surface area contributed by atoms with E-state index >= 15 is 0 Å². The molecule has 0 aliphatic rings. The van der Waals surface area contributed by atoms with Crippen LogP contribution in [0.5, 0.6) is 0 Å². The second-order valence-electron chi connectivity index (χ2n) is 5.78. The van der Waals surface area contributed by atoms with Gasteiger partial charge in [0.15, 0.2) is 5.92 Å². The van der Waals surface area contributed by atoms with Gasteiger partial charge in [-0.05, 0) is 11.0 Å². The summed E-state index contributed by atoms with van der Waals surface area (Å²) in [7, 11) is 2.56. The Morgan fingerprint density at radius 1 is 0.950 bits per heavy atom. The first-order valence-electron chi connectivity index (χ1n) is 6.53. The molecule has 20 heavy (non-hydrogen) atoms. The molecule has 1 atom stereocenters. The van der Waals surface area contributed by atoms with Gasteiger partial charge in [0.2, 0.25) is 0 Å². The minimum Gasteiger partial charge on any atom is -0.468 e. The molecule has 1 rings (SSSR count). The number of esters is 2. The van der Waals surface area contributed by atoms with E-state index in [9.17, 15) is 9.59 Å². The first kappa shape index (κ1) is 16.2. The average Bonchev–Trinajstić information content (AvgIpc) is 2.42. The second kappa shape index (κ2) is 6.55. The van der Waals surface area contributed by atoms with Crippen molar-refractivity contribution in [2.75, 3.05) is 14.2 Å². The minimum absolute atomic E-state index is 0.297. The third kappa shape index (κ3) is 3.59. The smallest absolute Gasteiger partial charge is 0.320 e. The highest BCUT2D eigenvalue weighted by Gasteiger charge is 2.43. The van der Waals surface area contributed by atoms with Gasteiger partial charge in [0, 0.05) is 5.92 Å². The lowest BCUT2D eigenvalue weighted by Crippen LogP contribution is -2.38. The van der Waals surface area contributed by atoms with Crippen molar-refractivity contribution in [2.45, 2.75) is 26.7 Å². The molecular weight excluding hydrogens is 256 g/mol. The SMILES string of the molecule is COC(=O)C(C(=O)OC)C(c1ccccc1)C(C)(C)C. The molecule has 0 radical (unpaired) electrons. The lowest BCUT2D eigenvalue weighted by atomic mass is 9.69. The quantitative estimate of drug-likeness (QED) is 0.627. The summed E-state index contributed by atoms with van der Waals surface area (Å²) in [4.78, 5) is 24.1. The maximum atomic E-state index is 12.1. The number of carbonyl (C=O) groups is 2. The fourth-order valence-corrected chi connectivity index (χ4v) is 2.48. The molecule has 0 bridgehead atoms. The Balaban J connectivity index is 3.33. The van der Waals surface area contributed by atoms with E-state index in [0.717, 1.165) is 5.56 Å². The van der Waals surface area contributed by atoms with Crippen LogP contribution in [0.4, 0.5) is 0 Å². The Labute approximate surface area is 120 Å². The average molecular weight is 278 g/mol. The summed E-state index contributed by atoms with van der Waals surface area (Å²) in [5.74, 6) is -2.42. The molecule has 0 heterocycles. The standard InChI is InChI=1S/C16H22O4/c1-16(2,3)13(11-9-7-6-8-10-11)12(14(17)19-4)15(18)20-5/h6-10,12-13H,1-5H3. The zero-order valence-corrected chi connectivity index (χ0v) is 12.7. The van der Waals surface area contributed by atoms with E-state index in [1.165, 1.54) is 14.2 Å². The normalized spacial score (nSPS) is 12.9. The van der Waals surface area contributed by atoms with E-state index in [-0.39, 0.29) is 11.3 Å². The summed E-state index contributed by atoms with van der Waals surface area (Å²) in [6, 6.07) is 9.50. The molecule has 0 aliphatic carbocycles. The monoisotopic (exact) mass is 278 g/mol. The minimum atomic E-state index is -0.965. The van der Waals surface area contributed by atoms with Crippen LogP contribution in [0.15, 0.2) is 30.3 Å². The topological polar surface area (TPSA) is 52.6 Å². The van der Waals surface area contributed by atoms with Crippen molar-refractivity contribution in [1.29, 1.82) is 0 Å². The van der Waals surface area contributed by atoms with Gasteiger partial charge in [-0.2, -0.15) is 0 Å². The molecule has 1 aromatic carbocycles. The maximum Gasteiger partial charge on any atom is 0.320 e. The molecule has 110 valence electrons. The van der Waals surface area contributed by atoms with Gasteiger partial charge in [0.25, 0.3) is 0 Å². The molecule has 1 unspecified atom stereocenters. The van der Waals surface area contributed by atoms with Crippen LogP contribution in [0, 0.1) is 11.3 Å². The molecule has 0 saturated carbocycles. The first-order chi connectivity index (χ1) is 9.32. The van der Waals surface area contributed by atoms with Crippen molar-refractivity contribution >= 4 is 11.9 Å². The van der Waals surface area contributed by atoms with E-state index < -0.39 is 17.9 Å². The highest BCUT2D eigenvalue weighted by atomic mass is 16.5. The molecule has 0 fully saturated rings. The molecule has 0 aliphatic heterocycles. The number of benzene rings is 1. The number of carbonyl (C=O) groups excluding carboxylic acids is 2. The second-order valence-corrected chi connectivity index (χ2v) is 5.78. The summed E-state index contributed by atoms with van der Waals surface area (Å²) in [5, 5.41) is 0. The van der Waals surface area contributed by atoms with E-state index in [0.29, 0.717) is 0 Å². The van der Waals surface area contributed by atoms with Gasteiger partial charge in [-0.1, -0.05) is 51.1 Å². The lowest BCUT2D eigenvalue weighted by Gasteiger charge is -2.34. The molecule has 1 aromatic rings. The number of rotatable bonds is 4. The fraction of sp³-hybridized carbons (Fsp3) is 0.500. The van der Waals surface area contributed by atoms with Gasteiger partial charge in [-0.15, -0.1) is 0 Å². The molecule has 4 heteroatoms. The van der Waals surface area contributed by atoms with Crippen LogP contribution in [0.2, 0.25) is 0 Å². The van der Waals surface area contributed by atoms with Crippen LogP contribution >= 0.6 is 0 Å². The summed E-state index contributed by atoms with van der Waals surface area (Å²) < 4.78 is 9.59. The van der Waals surface area contributed by atoms with Gasteiger partial charge in [-0.3, -0.25) is 9.59 Å². The molecule has 4 nitrogen and oxygen atoms in total. The van der Waals surface area contributed by atoms with Crippen LogP contribution in [-0.2, 0) is 19.1 Å². The van der Waals surface area contributed by atoms with E-state index in [1.54, 1.807) is 0 Å². The third-order valence-corrected chi connectivity index (χ3v) is 3.34. The number of methoxy groups -OCH3 is 2. The van der Waals surface area contributed by atoms with Crippen molar-refractivity contribution in [3.63, 3.8) is 0 Å². The molecule has 0 N–H and O–H groups in total. The largest absolute Gasteiger partial charge is 0.468 e. The summed E-state index contributed by atoms with van der Waals surface area (Å²) in [6.07, 6.45) is 0. The van der Waals surface area contributed by atoms with Crippen molar-refractivity contribution in [2.24, 2.45) is 11.3 Å². The summed E-state index contributed by atoms with van der Waals surface area (Å²) >= 11 is 0. The zero-order valence-electron chi connectivity index (χ0n) is 12.7. The lowest BCUT2D eigenvalue weighted by molar-refractivity contribution is -0.161. The molecule has 0 saturated heterocycles. The van der Waals surface area contributed by atoms with Crippen LogP contribution in [0.25, 0.3) is 0 Å². The predicted molar refractivity (Wildman–Crippen MR) is 76.2 cm³/mol. The predicted octanol–water partition coefficient (Wildman–Crippen LogP) is 2.78. The van der Waals surface area contributed by atoms with Crippen molar-refractivity contribution in [3.05, 3.63) is 35.9 Å². The first-order valence-corrected chi connectivity index (χ1v) is 6.53. The van der Waals surface area contributed by atoms with Crippen LogP contribution in [0.3, 0.4) is 0 Å². The molecule has 0 aromatic heterocycles. The Bertz CT molecular complexity index is 443. The third-order valence-electron chi connectivity index (χ3n) is 3.34.